The smallest absolute Gasteiger partial charge is 0.396 e. The van der Waals surface area contributed by atoms with Crippen LogP contribution in [0.1, 0.15) is 5.56 Å². The van der Waals surface area contributed by atoms with E-state index in [4.69, 9.17) is 5.73 Å². The minimum absolute atomic E-state index is 0.219. The highest BCUT2D eigenvalue weighted by atomic mass is 19.4. The lowest BCUT2D eigenvalue weighted by atomic mass is 10.1. The van der Waals surface area contributed by atoms with Gasteiger partial charge in [-0.1, -0.05) is 6.58 Å². The van der Waals surface area contributed by atoms with Crippen molar-refractivity contribution in [3.63, 3.8) is 0 Å². The minimum Gasteiger partial charge on any atom is -0.396 e. The molecule has 0 aromatic carbocycles. The number of alkyl halides is 3. The number of anilines is 3. The first-order chi connectivity index (χ1) is 13.3. The van der Waals surface area contributed by atoms with Crippen LogP contribution in [-0.4, -0.2) is 27.0 Å². The second-order valence-electron chi connectivity index (χ2n) is 5.79. The van der Waals surface area contributed by atoms with Crippen LogP contribution in [0.15, 0.2) is 61.6 Å². The summed E-state index contributed by atoms with van der Waals surface area (Å²) in [5.41, 5.74) is 5.99. The van der Waals surface area contributed by atoms with Gasteiger partial charge in [0.05, 0.1) is 23.1 Å². The monoisotopic (exact) mass is 387 g/mol. The van der Waals surface area contributed by atoms with Gasteiger partial charge in [0.15, 0.2) is 5.82 Å². The lowest BCUT2D eigenvalue weighted by Crippen LogP contribution is -2.24. The summed E-state index contributed by atoms with van der Waals surface area (Å²) in [7, 11) is 1.67. The summed E-state index contributed by atoms with van der Waals surface area (Å²) in [6, 6.07) is 4.08. The molecule has 10 heteroatoms. The largest absolute Gasteiger partial charge is 0.417 e. The van der Waals surface area contributed by atoms with Crippen molar-refractivity contribution in [1.82, 2.24) is 19.9 Å². The summed E-state index contributed by atoms with van der Waals surface area (Å²) < 4.78 is 38.8. The van der Waals surface area contributed by atoms with E-state index in [1.807, 2.05) is 0 Å². The van der Waals surface area contributed by atoms with E-state index in [0.717, 1.165) is 12.3 Å². The van der Waals surface area contributed by atoms with Crippen molar-refractivity contribution >= 4 is 17.3 Å². The summed E-state index contributed by atoms with van der Waals surface area (Å²) in [6.45, 7) is 3.91. The van der Waals surface area contributed by atoms with Crippen LogP contribution in [0.25, 0.3) is 11.3 Å². The predicted molar refractivity (Wildman–Crippen MR) is 100 cm³/mol. The molecule has 0 amide bonds. The van der Waals surface area contributed by atoms with Gasteiger partial charge in [0, 0.05) is 37.4 Å². The highest BCUT2D eigenvalue weighted by Crippen LogP contribution is 2.32. The predicted octanol–water partition coefficient (Wildman–Crippen LogP) is 3.55. The van der Waals surface area contributed by atoms with E-state index in [9.17, 15) is 13.2 Å². The number of nitrogens with zero attached hydrogens (tertiary/aromatic N) is 5. The molecule has 0 saturated carbocycles. The Morgan fingerprint density at radius 2 is 1.93 bits per heavy atom. The second kappa shape index (κ2) is 7.51. The summed E-state index contributed by atoms with van der Waals surface area (Å²) >= 11 is 0. The molecule has 0 bridgehead atoms. The molecule has 0 spiro atoms. The van der Waals surface area contributed by atoms with Crippen molar-refractivity contribution < 1.29 is 13.2 Å². The van der Waals surface area contributed by atoms with Crippen LogP contribution in [0.2, 0.25) is 0 Å². The molecule has 3 heterocycles. The van der Waals surface area contributed by atoms with Gasteiger partial charge in [-0.3, -0.25) is 9.97 Å². The van der Waals surface area contributed by atoms with Crippen LogP contribution in [0.3, 0.4) is 0 Å². The summed E-state index contributed by atoms with van der Waals surface area (Å²) in [6.07, 6.45) is 2.14. The fraction of sp³-hybridized carbons (Fsp3) is 0.111. The van der Waals surface area contributed by atoms with Crippen molar-refractivity contribution in [3.8, 4) is 11.3 Å². The number of nitrogen functional groups attached to an aromatic ring is 1. The van der Waals surface area contributed by atoms with E-state index < -0.39 is 11.7 Å². The third kappa shape index (κ3) is 4.17. The molecule has 3 N–H and O–H groups in total. The zero-order valence-electron chi connectivity index (χ0n) is 14.8. The SMILES string of the molecule is C=C(Nc1cnccn1)N(C)c1nc(-c2cncc(C(F)(F)F)c2)ccc1N. The third-order valence-corrected chi connectivity index (χ3v) is 3.82. The Morgan fingerprint density at radius 3 is 2.61 bits per heavy atom. The minimum atomic E-state index is -4.49. The molecule has 0 fully saturated rings. The molecule has 0 unspecified atom stereocenters. The van der Waals surface area contributed by atoms with Crippen molar-refractivity contribution in [2.75, 3.05) is 23.0 Å². The molecular formula is C18H16F3N7. The zero-order chi connectivity index (χ0) is 20.3. The van der Waals surface area contributed by atoms with Gasteiger partial charge in [-0.2, -0.15) is 13.2 Å². The van der Waals surface area contributed by atoms with Gasteiger partial charge in [0.1, 0.15) is 11.6 Å². The Labute approximate surface area is 158 Å². The molecule has 3 rings (SSSR count). The molecule has 0 aliphatic carbocycles. The molecule has 0 radical (unpaired) electrons. The Bertz CT molecular complexity index is 990. The molecule has 7 nitrogen and oxygen atoms in total. The highest BCUT2D eigenvalue weighted by molar-refractivity contribution is 5.71. The van der Waals surface area contributed by atoms with Crippen molar-refractivity contribution in [2.24, 2.45) is 0 Å². The average molecular weight is 387 g/mol. The van der Waals surface area contributed by atoms with Gasteiger partial charge in [-0.15, -0.1) is 0 Å². The molecule has 28 heavy (non-hydrogen) atoms. The number of aromatic nitrogens is 4. The number of rotatable bonds is 5. The van der Waals surface area contributed by atoms with Crippen molar-refractivity contribution in [1.29, 1.82) is 0 Å². The van der Waals surface area contributed by atoms with Crippen molar-refractivity contribution in [3.05, 3.63) is 67.1 Å². The molecule has 0 atom stereocenters. The van der Waals surface area contributed by atoms with Gasteiger partial charge >= 0.3 is 6.18 Å². The summed E-state index contributed by atoms with van der Waals surface area (Å²) in [5.74, 6) is 1.19. The van der Waals surface area contributed by atoms with Crippen LogP contribution < -0.4 is 16.0 Å². The second-order valence-corrected chi connectivity index (χ2v) is 5.79. The quantitative estimate of drug-likeness (QED) is 0.691. The van der Waals surface area contributed by atoms with E-state index in [1.54, 1.807) is 18.0 Å². The molecule has 0 aliphatic heterocycles. The van der Waals surface area contributed by atoms with E-state index in [2.05, 4.69) is 31.8 Å². The molecular weight excluding hydrogens is 371 g/mol. The molecule has 0 aliphatic rings. The molecule has 3 aromatic rings. The standard InChI is InChI=1S/C18H16F3N7/c1-11(26-16-10-23-5-6-25-16)28(2)17-14(22)3-4-15(27-17)12-7-13(9-24-8-12)18(19,20)21/h3-10H,1,22H2,2H3,(H,25,26). The number of halogens is 3. The van der Waals surface area contributed by atoms with Gasteiger partial charge in [0.2, 0.25) is 0 Å². The fourth-order valence-corrected chi connectivity index (χ4v) is 2.35. The molecule has 0 saturated heterocycles. The topological polar surface area (TPSA) is 92.9 Å². The van der Waals surface area contributed by atoms with E-state index in [0.29, 0.717) is 28.8 Å². The zero-order valence-corrected chi connectivity index (χ0v) is 14.8. The number of hydrogen-bond donors (Lipinski definition) is 2. The Morgan fingerprint density at radius 1 is 1.14 bits per heavy atom. The summed E-state index contributed by atoms with van der Waals surface area (Å²) in [5, 5.41) is 2.96. The number of hydrogen-bond acceptors (Lipinski definition) is 7. The number of pyridine rings is 2. The fourth-order valence-electron chi connectivity index (χ4n) is 2.35. The van der Waals surface area contributed by atoms with E-state index >= 15 is 0 Å². The lowest BCUT2D eigenvalue weighted by molar-refractivity contribution is -0.137. The number of nitrogens with two attached hydrogens (primary N) is 1. The molecule has 3 aromatic heterocycles. The third-order valence-electron chi connectivity index (χ3n) is 3.82. The van der Waals surface area contributed by atoms with Crippen molar-refractivity contribution in [2.45, 2.75) is 6.18 Å². The van der Waals surface area contributed by atoms with Gasteiger partial charge in [0.25, 0.3) is 0 Å². The Balaban J connectivity index is 1.90. The maximum atomic E-state index is 12.9. The normalized spacial score (nSPS) is 11.1. The Hall–Kier alpha value is -3.69. The Kier molecular flexibility index (Phi) is 5.12. The molecule has 144 valence electrons. The first-order valence-electron chi connectivity index (χ1n) is 8.00. The number of nitrogens with one attached hydrogen (secondary N) is 1. The van der Waals surface area contributed by atoms with Crippen LogP contribution in [0, 0.1) is 0 Å². The van der Waals surface area contributed by atoms with Gasteiger partial charge < -0.3 is 16.0 Å². The van der Waals surface area contributed by atoms with Crippen LogP contribution in [0.5, 0.6) is 0 Å². The van der Waals surface area contributed by atoms with Gasteiger partial charge in [-0.25, -0.2) is 9.97 Å². The lowest BCUT2D eigenvalue weighted by Gasteiger charge is -2.23. The maximum Gasteiger partial charge on any atom is 0.417 e. The van der Waals surface area contributed by atoms with Crippen LogP contribution >= 0.6 is 0 Å². The average Bonchev–Trinajstić information content (AvgIpc) is 2.68. The maximum absolute atomic E-state index is 12.9. The first kappa shape index (κ1) is 19.1. The van der Waals surface area contributed by atoms with Crippen LogP contribution in [0.4, 0.5) is 30.5 Å². The highest BCUT2D eigenvalue weighted by Gasteiger charge is 2.31. The first-order valence-corrected chi connectivity index (χ1v) is 8.00. The summed E-state index contributed by atoms with van der Waals surface area (Å²) in [4.78, 5) is 17.6. The van der Waals surface area contributed by atoms with Gasteiger partial charge in [-0.05, 0) is 18.2 Å². The van der Waals surface area contributed by atoms with Crippen LogP contribution in [-0.2, 0) is 6.18 Å². The van der Waals surface area contributed by atoms with E-state index in [1.165, 1.54) is 30.9 Å². The van der Waals surface area contributed by atoms with E-state index in [-0.39, 0.29) is 5.56 Å².